The van der Waals surface area contributed by atoms with E-state index in [-0.39, 0.29) is 6.42 Å². The molecule has 4 nitrogen and oxygen atoms in total. The second-order valence-electron chi connectivity index (χ2n) is 1.39. The highest BCUT2D eigenvalue weighted by molar-refractivity contribution is 5.89. The topological polar surface area (TPSA) is 78.2 Å². The molecule has 0 spiro atoms. The van der Waals surface area contributed by atoms with Crippen LogP contribution in [0.25, 0.3) is 0 Å². The normalized spacial score (nSPS) is 12.0. The Balaban J connectivity index is 3.81. The van der Waals surface area contributed by atoms with Crippen molar-refractivity contribution in [1.82, 2.24) is 0 Å². The first-order valence-corrected chi connectivity index (χ1v) is 2.22. The molecule has 48 valence electrons. The lowest BCUT2D eigenvalue weighted by Gasteiger charge is -1.94. The minimum absolute atomic E-state index is 0.196. The summed E-state index contributed by atoms with van der Waals surface area (Å²) in [5.74, 6) is -2.48. The lowest BCUT2D eigenvalue weighted by molar-refractivity contribution is -0.139. The van der Waals surface area contributed by atoms with Gasteiger partial charge in [0.2, 0.25) is 6.29 Å². The fourth-order valence-corrected chi connectivity index (χ4v) is 0.281. The first-order chi connectivity index (χ1) is 4.22. The van der Waals surface area contributed by atoms with Crippen molar-refractivity contribution in [2.24, 2.45) is 5.92 Å². The molecule has 0 aromatic heterocycles. The van der Waals surface area contributed by atoms with Gasteiger partial charge in [0.05, 0.1) is 6.21 Å². The van der Waals surface area contributed by atoms with Gasteiger partial charge in [-0.25, -0.2) is 0 Å². The Kier molecular flexibility index (Phi) is 3.27. The third kappa shape index (κ3) is 2.58. The molecule has 0 aromatic carbocycles. The van der Waals surface area contributed by atoms with Gasteiger partial charge in [0.25, 0.3) is 0 Å². The average Bonchev–Trinajstić information content (AvgIpc) is 1.82. The van der Waals surface area contributed by atoms with Gasteiger partial charge in [0, 0.05) is 6.42 Å². The molecule has 0 saturated carbocycles. The predicted molar refractivity (Wildman–Crippen MR) is 29.2 cm³/mol. The first-order valence-electron chi connectivity index (χ1n) is 2.22. The molecule has 0 aliphatic carbocycles. The van der Waals surface area contributed by atoms with Crippen LogP contribution in [0.5, 0.6) is 0 Å². The standard InChI is InChI=1S/C5H5NO3/c6-2-1-4(3-7)5(8)9/h4,6H,1H2,(H,8,9). The molecule has 0 bridgehead atoms. The van der Waals surface area contributed by atoms with E-state index in [1.54, 1.807) is 6.21 Å². The summed E-state index contributed by atoms with van der Waals surface area (Å²) >= 11 is 0. The molecule has 0 aromatic rings. The van der Waals surface area contributed by atoms with Crippen LogP contribution in [0.4, 0.5) is 0 Å². The van der Waals surface area contributed by atoms with Crippen molar-refractivity contribution >= 4 is 18.5 Å². The van der Waals surface area contributed by atoms with Crippen LogP contribution in [0, 0.1) is 11.3 Å². The number of carboxylic acid groups (broad SMARTS) is 1. The first kappa shape index (κ1) is 7.81. The van der Waals surface area contributed by atoms with Crippen molar-refractivity contribution in [2.45, 2.75) is 6.42 Å². The molecule has 0 heterocycles. The number of nitrogens with one attached hydrogen (secondary N) is 1. The van der Waals surface area contributed by atoms with Gasteiger partial charge >= 0.3 is 5.97 Å². The van der Waals surface area contributed by atoms with E-state index in [9.17, 15) is 9.59 Å². The molecule has 1 unspecified atom stereocenters. The maximum atomic E-state index is 9.93. The summed E-state index contributed by atoms with van der Waals surface area (Å²) in [5.41, 5.74) is 0. The maximum absolute atomic E-state index is 9.93. The fraction of sp³-hybridized carbons (Fsp3) is 0.400. The smallest absolute Gasteiger partial charge is 0.314 e. The zero-order chi connectivity index (χ0) is 7.28. The molecule has 4 heteroatoms. The van der Waals surface area contributed by atoms with Gasteiger partial charge in [0.15, 0.2) is 0 Å². The molecule has 0 amide bonds. The Morgan fingerprint density at radius 1 is 1.78 bits per heavy atom. The average molecular weight is 127 g/mol. The minimum atomic E-state index is -1.26. The van der Waals surface area contributed by atoms with Crippen LogP contribution >= 0.6 is 0 Å². The molecule has 2 N–H and O–H groups in total. The van der Waals surface area contributed by atoms with Gasteiger partial charge in [-0.15, -0.1) is 0 Å². The van der Waals surface area contributed by atoms with Gasteiger partial charge in [-0.3, -0.25) is 9.59 Å². The van der Waals surface area contributed by atoms with E-state index in [1.165, 1.54) is 6.29 Å². The van der Waals surface area contributed by atoms with E-state index < -0.39 is 11.9 Å². The zero-order valence-corrected chi connectivity index (χ0v) is 4.55. The van der Waals surface area contributed by atoms with E-state index in [2.05, 4.69) is 0 Å². The molecule has 0 rings (SSSR count). The summed E-state index contributed by atoms with van der Waals surface area (Å²) in [5, 5.41) is 14.5. The van der Waals surface area contributed by atoms with Gasteiger partial charge in [0.1, 0.15) is 5.92 Å². The highest BCUT2D eigenvalue weighted by Gasteiger charge is 2.15. The number of hydrogen-bond acceptors (Lipinski definition) is 3. The number of rotatable bonds is 4. The Bertz CT molecular complexity index is 132. The Hall–Kier alpha value is -1.19. The summed E-state index contributed by atoms with van der Waals surface area (Å²) in [7, 11) is 0. The predicted octanol–water partition coefficient (Wildman–Crippen LogP) is -0.286. The van der Waals surface area contributed by atoms with E-state index in [1.807, 2.05) is 0 Å². The Labute approximate surface area is 52.0 Å². The fourth-order valence-electron chi connectivity index (χ4n) is 0.281. The van der Waals surface area contributed by atoms with Crippen LogP contribution in [-0.2, 0) is 9.59 Å². The number of carbonyl (C=O) groups excluding carboxylic acids is 1. The van der Waals surface area contributed by atoms with Crippen LogP contribution in [0.1, 0.15) is 6.42 Å². The number of carbonyl (C=O) groups is 1. The second-order valence-corrected chi connectivity index (χ2v) is 1.39. The third-order valence-corrected chi connectivity index (χ3v) is 0.747. The summed E-state index contributed by atoms with van der Waals surface area (Å²) in [6, 6.07) is 0. The summed E-state index contributed by atoms with van der Waals surface area (Å²) in [6.07, 6.45) is 2.88. The molecule has 0 saturated heterocycles. The van der Waals surface area contributed by atoms with Crippen molar-refractivity contribution in [3.05, 3.63) is 0 Å². The SMILES string of the molecule is N=[C]CC([C]=O)C(=O)O. The Morgan fingerprint density at radius 3 is 2.44 bits per heavy atom. The van der Waals surface area contributed by atoms with E-state index in [0.717, 1.165) is 0 Å². The lowest BCUT2D eigenvalue weighted by atomic mass is 10.1. The van der Waals surface area contributed by atoms with Crippen LogP contribution < -0.4 is 0 Å². The molecule has 9 heavy (non-hydrogen) atoms. The van der Waals surface area contributed by atoms with Crippen LogP contribution in [0.2, 0.25) is 0 Å². The van der Waals surface area contributed by atoms with Crippen molar-refractivity contribution in [2.75, 3.05) is 0 Å². The molecule has 1 atom stereocenters. The number of carboxylic acids is 1. The molecule has 0 fully saturated rings. The van der Waals surface area contributed by atoms with Gasteiger partial charge in [-0.1, -0.05) is 0 Å². The van der Waals surface area contributed by atoms with Gasteiger partial charge < -0.3 is 10.5 Å². The molecule has 2 radical (unpaired) electrons. The van der Waals surface area contributed by atoms with Crippen molar-refractivity contribution < 1.29 is 14.7 Å². The van der Waals surface area contributed by atoms with E-state index in [4.69, 9.17) is 10.5 Å². The maximum Gasteiger partial charge on any atom is 0.314 e. The van der Waals surface area contributed by atoms with Crippen molar-refractivity contribution in [3.63, 3.8) is 0 Å². The Morgan fingerprint density at radius 2 is 2.33 bits per heavy atom. The van der Waals surface area contributed by atoms with Crippen molar-refractivity contribution in [3.8, 4) is 0 Å². The zero-order valence-electron chi connectivity index (χ0n) is 4.55. The quantitative estimate of drug-likeness (QED) is 0.402. The highest BCUT2D eigenvalue weighted by Crippen LogP contribution is 1.94. The van der Waals surface area contributed by atoms with Crippen molar-refractivity contribution in [1.29, 1.82) is 5.41 Å². The second kappa shape index (κ2) is 3.77. The molecule has 0 aliphatic rings. The van der Waals surface area contributed by atoms with Crippen LogP contribution in [-0.4, -0.2) is 23.6 Å². The van der Waals surface area contributed by atoms with E-state index >= 15 is 0 Å². The van der Waals surface area contributed by atoms with Gasteiger partial charge in [-0.05, 0) is 0 Å². The van der Waals surface area contributed by atoms with E-state index in [0.29, 0.717) is 0 Å². The minimum Gasteiger partial charge on any atom is -0.481 e. The summed E-state index contributed by atoms with van der Waals surface area (Å²) < 4.78 is 0. The number of aliphatic carboxylic acids is 1. The van der Waals surface area contributed by atoms with Gasteiger partial charge in [-0.2, -0.15) is 0 Å². The molecular formula is C5H5NO3. The monoisotopic (exact) mass is 127 g/mol. The number of hydrogen-bond donors (Lipinski definition) is 2. The van der Waals surface area contributed by atoms with Crippen LogP contribution in [0.3, 0.4) is 0 Å². The molecular weight excluding hydrogens is 122 g/mol. The largest absolute Gasteiger partial charge is 0.481 e. The molecule has 0 aliphatic heterocycles. The summed E-state index contributed by atoms with van der Waals surface area (Å²) in [4.78, 5) is 19.6. The van der Waals surface area contributed by atoms with Crippen LogP contribution in [0.15, 0.2) is 0 Å². The third-order valence-electron chi connectivity index (χ3n) is 0.747. The lowest BCUT2D eigenvalue weighted by Crippen LogP contribution is -2.14. The summed E-state index contributed by atoms with van der Waals surface area (Å²) in [6.45, 7) is 0. The highest BCUT2D eigenvalue weighted by atomic mass is 16.4.